The third kappa shape index (κ3) is 4.77. The van der Waals surface area contributed by atoms with Gasteiger partial charge in [-0.3, -0.25) is 9.52 Å². The fourth-order valence-electron chi connectivity index (χ4n) is 2.69. The lowest BCUT2D eigenvalue weighted by atomic mass is 10.1. The number of nitrogens with zero attached hydrogens (tertiary/aromatic N) is 1. The second-order valence-electron chi connectivity index (χ2n) is 6.16. The molecule has 152 valence electrons. The molecule has 0 saturated heterocycles. The minimum atomic E-state index is -4.01. The van der Waals surface area contributed by atoms with Crippen LogP contribution in [0.4, 0.5) is 5.82 Å². The van der Waals surface area contributed by atoms with E-state index in [-0.39, 0.29) is 22.8 Å². The highest BCUT2D eigenvalue weighted by Gasteiger charge is 2.20. The summed E-state index contributed by atoms with van der Waals surface area (Å²) in [4.78, 5) is 16.6. The van der Waals surface area contributed by atoms with Gasteiger partial charge >= 0.3 is 0 Å². The molecule has 7 nitrogen and oxygen atoms in total. The molecule has 0 atom stereocenters. The molecule has 3 rings (SSSR count). The number of anilines is 1. The number of carbonyl (C=O) groups is 1. The molecule has 0 aliphatic heterocycles. The standard InChI is InChI=1S/C22H19N3O4S/c1-3-7-17-14-19(11-10-16(17)4-2)30(27,28)25-21-20(9-5-12-23-21)22(26)24-15-18-8-6-13-29-18/h2-3,5-14H,15H2,1H3,(H,23,25)(H,24,26)/b7-3-. The van der Waals surface area contributed by atoms with Gasteiger partial charge in [-0.25, -0.2) is 13.4 Å². The van der Waals surface area contributed by atoms with Gasteiger partial charge in [-0.1, -0.05) is 18.1 Å². The topological polar surface area (TPSA) is 101 Å². The highest BCUT2D eigenvalue weighted by atomic mass is 32.2. The Hall–Kier alpha value is -3.83. The van der Waals surface area contributed by atoms with Crippen molar-refractivity contribution in [3.8, 4) is 12.3 Å². The van der Waals surface area contributed by atoms with E-state index >= 15 is 0 Å². The number of benzene rings is 1. The van der Waals surface area contributed by atoms with Crippen LogP contribution in [0.15, 0.2) is 70.3 Å². The predicted octanol–water partition coefficient (Wildman–Crippen LogP) is 3.42. The lowest BCUT2D eigenvalue weighted by Crippen LogP contribution is -2.25. The summed E-state index contributed by atoms with van der Waals surface area (Å²) in [6.07, 6.45) is 11.9. The first kappa shape index (κ1) is 20.9. The van der Waals surface area contributed by atoms with Crippen LogP contribution in [0, 0.1) is 12.3 Å². The normalized spacial score (nSPS) is 11.2. The van der Waals surface area contributed by atoms with Gasteiger partial charge in [-0.2, -0.15) is 0 Å². The van der Waals surface area contributed by atoms with E-state index in [1.807, 2.05) is 0 Å². The molecule has 0 unspecified atom stereocenters. The number of hydrogen-bond acceptors (Lipinski definition) is 5. The number of aromatic nitrogens is 1. The Morgan fingerprint density at radius 2 is 2.10 bits per heavy atom. The minimum absolute atomic E-state index is 0.00203. The van der Waals surface area contributed by atoms with Crippen LogP contribution >= 0.6 is 0 Å². The van der Waals surface area contributed by atoms with Crippen molar-refractivity contribution in [2.45, 2.75) is 18.4 Å². The second kappa shape index (κ2) is 9.11. The van der Waals surface area contributed by atoms with Crippen molar-refractivity contribution in [2.24, 2.45) is 0 Å². The molecule has 0 aliphatic rings. The van der Waals surface area contributed by atoms with Crippen LogP contribution in [0.5, 0.6) is 0 Å². The number of hydrogen-bond donors (Lipinski definition) is 2. The predicted molar refractivity (Wildman–Crippen MR) is 114 cm³/mol. The number of allylic oxidation sites excluding steroid dienone is 1. The van der Waals surface area contributed by atoms with E-state index in [0.717, 1.165) is 0 Å². The zero-order chi connectivity index (χ0) is 21.6. The van der Waals surface area contributed by atoms with Gasteiger partial charge in [0.1, 0.15) is 5.76 Å². The smallest absolute Gasteiger partial charge is 0.263 e. The van der Waals surface area contributed by atoms with Gasteiger partial charge in [0.25, 0.3) is 15.9 Å². The Balaban J connectivity index is 1.86. The first-order valence-corrected chi connectivity index (χ1v) is 10.4. The molecule has 0 saturated carbocycles. The Labute approximate surface area is 174 Å². The fourth-order valence-corrected chi connectivity index (χ4v) is 3.75. The molecule has 3 aromatic rings. The van der Waals surface area contributed by atoms with Crippen molar-refractivity contribution in [3.63, 3.8) is 0 Å². The van der Waals surface area contributed by atoms with E-state index in [1.165, 1.54) is 30.7 Å². The summed E-state index contributed by atoms with van der Waals surface area (Å²) in [6.45, 7) is 1.97. The average molecular weight is 421 g/mol. The highest BCUT2D eigenvalue weighted by Crippen LogP contribution is 2.21. The van der Waals surface area contributed by atoms with Crippen LogP contribution in [0.2, 0.25) is 0 Å². The Morgan fingerprint density at radius 3 is 2.80 bits per heavy atom. The summed E-state index contributed by atoms with van der Waals surface area (Å²) in [5.74, 6) is 2.52. The Morgan fingerprint density at radius 1 is 1.27 bits per heavy atom. The summed E-state index contributed by atoms with van der Waals surface area (Å²) >= 11 is 0. The van der Waals surface area contributed by atoms with Gasteiger partial charge in [0.05, 0.1) is 23.3 Å². The molecular weight excluding hydrogens is 402 g/mol. The van der Waals surface area contributed by atoms with Crippen molar-refractivity contribution in [2.75, 3.05) is 4.72 Å². The molecule has 0 spiro atoms. The molecule has 1 amide bonds. The number of pyridine rings is 1. The second-order valence-corrected chi connectivity index (χ2v) is 7.84. The number of amides is 1. The van der Waals surface area contributed by atoms with Gasteiger partial charge in [0.2, 0.25) is 0 Å². The van der Waals surface area contributed by atoms with Crippen molar-refractivity contribution in [1.82, 2.24) is 10.3 Å². The molecule has 30 heavy (non-hydrogen) atoms. The average Bonchev–Trinajstić information content (AvgIpc) is 3.26. The molecule has 0 aliphatic carbocycles. The van der Waals surface area contributed by atoms with E-state index in [2.05, 4.69) is 20.9 Å². The largest absolute Gasteiger partial charge is 0.467 e. The summed E-state index contributed by atoms with van der Waals surface area (Å²) in [6, 6.07) is 10.9. The first-order chi connectivity index (χ1) is 14.4. The molecule has 2 aromatic heterocycles. The van der Waals surface area contributed by atoms with Gasteiger partial charge in [-0.05, 0) is 55.0 Å². The molecule has 0 radical (unpaired) electrons. The third-order valence-corrected chi connectivity index (χ3v) is 5.46. The van der Waals surface area contributed by atoms with Crippen LogP contribution in [-0.2, 0) is 16.6 Å². The molecule has 0 fully saturated rings. The molecule has 8 heteroatoms. The maximum atomic E-state index is 12.9. The lowest BCUT2D eigenvalue weighted by Gasteiger charge is -2.12. The van der Waals surface area contributed by atoms with E-state index in [4.69, 9.17) is 10.8 Å². The maximum absolute atomic E-state index is 12.9. The number of rotatable bonds is 7. The molecule has 1 aromatic carbocycles. The number of sulfonamides is 1. The van der Waals surface area contributed by atoms with Gasteiger partial charge in [-0.15, -0.1) is 6.42 Å². The number of carbonyl (C=O) groups excluding carboxylic acids is 1. The quantitative estimate of drug-likeness (QED) is 0.569. The summed E-state index contributed by atoms with van der Waals surface area (Å²) in [5, 5.41) is 2.67. The lowest BCUT2D eigenvalue weighted by molar-refractivity contribution is 0.0948. The van der Waals surface area contributed by atoms with Crippen LogP contribution in [-0.4, -0.2) is 19.3 Å². The zero-order valence-corrected chi connectivity index (χ0v) is 16.9. The van der Waals surface area contributed by atoms with Crippen LogP contribution in [0.1, 0.15) is 34.2 Å². The minimum Gasteiger partial charge on any atom is -0.467 e. The summed E-state index contributed by atoms with van der Waals surface area (Å²) in [7, 11) is -4.01. The van der Waals surface area contributed by atoms with Crippen LogP contribution < -0.4 is 10.0 Å². The maximum Gasteiger partial charge on any atom is 0.263 e. The summed E-state index contributed by atoms with van der Waals surface area (Å²) in [5.41, 5.74) is 1.25. The summed E-state index contributed by atoms with van der Waals surface area (Å²) < 4.78 is 33.4. The van der Waals surface area contributed by atoms with Crippen molar-refractivity contribution >= 4 is 27.8 Å². The van der Waals surface area contributed by atoms with Gasteiger partial charge in [0.15, 0.2) is 5.82 Å². The number of furan rings is 1. The van der Waals surface area contributed by atoms with E-state index in [1.54, 1.807) is 43.3 Å². The third-order valence-electron chi connectivity index (χ3n) is 4.12. The monoisotopic (exact) mass is 421 g/mol. The van der Waals surface area contributed by atoms with Crippen molar-refractivity contribution < 1.29 is 17.6 Å². The van der Waals surface area contributed by atoms with Crippen molar-refractivity contribution in [1.29, 1.82) is 0 Å². The highest BCUT2D eigenvalue weighted by molar-refractivity contribution is 7.92. The molecule has 2 N–H and O–H groups in total. The number of nitrogens with one attached hydrogen (secondary N) is 2. The SMILES string of the molecule is C#Cc1ccc(S(=O)(=O)Nc2ncccc2C(=O)NCc2ccco2)cc1/C=C\C. The fraction of sp³-hybridized carbons (Fsp3) is 0.0909. The number of terminal acetylenes is 1. The van der Waals surface area contributed by atoms with Gasteiger partial charge < -0.3 is 9.73 Å². The van der Waals surface area contributed by atoms with Crippen LogP contribution in [0.25, 0.3) is 6.08 Å². The molecule has 0 bridgehead atoms. The van der Waals surface area contributed by atoms with Crippen LogP contribution in [0.3, 0.4) is 0 Å². The molecule has 2 heterocycles. The Bertz CT molecular complexity index is 1220. The zero-order valence-electron chi connectivity index (χ0n) is 16.1. The first-order valence-electron chi connectivity index (χ1n) is 8.96. The van der Waals surface area contributed by atoms with E-state index in [0.29, 0.717) is 16.9 Å². The van der Waals surface area contributed by atoms with E-state index < -0.39 is 15.9 Å². The molecular formula is C22H19N3O4S. The van der Waals surface area contributed by atoms with Crippen molar-refractivity contribution in [3.05, 3.63) is 83.5 Å². The Kier molecular flexibility index (Phi) is 6.35. The van der Waals surface area contributed by atoms with Gasteiger partial charge in [0, 0.05) is 11.8 Å². The van der Waals surface area contributed by atoms with E-state index in [9.17, 15) is 13.2 Å².